The Kier molecular flexibility index (Phi) is 6.13. The maximum Gasteiger partial charge on any atom is 0.272 e. The van der Waals surface area contributed by atoms with Crippen LogP contribution in [0.25, 0.3) is 20.7 Å². The Hall–Kier alpha value is -2.42. The van der Waals surface area contributed by atoms with Gasteiger partial charge < -0.3 is 9.64 Å². The maximum atomic E-state index is 13.1. The van der Waals surface area contributed by atoms with Gasteiger partial charge in [-0.1, -0.05) is 48.2 Å². The molecule has 0 radical (unpaired) electrons. The van der Waals surface area contributed by atoms with Gasteiger partial charge in [-0.05, 0) is 11.6 Å². The number of aromatic nitrogens is 2. The first-order valence-electron chi connectivity index (χ1n) is 9.36. The maximum absolute atomic E-state index is 13.1. The third-order valence-corrected chi connectivity index (χ3v) is 6.78. The zero-order valence-corrected chi connectivity index (χ0v) is 17.5. The third kappa shape index (κ3) is 4.29. The Labute approximate surface area is 176 Å². The quantitative estimate of drug-likeness (QED) is 0.343. The second-order valence-corrected chi connectivity index (χ2v) is 8.57. The predicted molar refractivity (Wildman–Crippen MR) is 118 cm³/mol. The monoisotopic (exact) mass is 427 g/mol. The summed E-state index contributed by atoms with van der Waals surface area (Å²) < 4.78 is 7.51. The summed E-state index contributed by atoms with van der Waals surface area (Å²) in [7, 11) is 0. The number of carbonyl (C=O) groups is 1. The first kappa shape index (κ1) is 19.9. The fraction of sp³-hybridized carbons (Fsp3) is 0.286. The topological polar surface area (TPSA) is 64.4 Å². The van der Waals surface area contributed by atoms with Gasteiger partial charge in [-0.15, -0.1) is 17.9 Å². The van der Waals surface area contributed by atoms with Crippen LogP contribution in [-0.4, -0.2) is 52.4 Å². The fourth-order valence-electron chi connectivity index (χ4n) is 3.17. The normalized spacial score (nSPS) is 14.3. The molecule has 2 aromatic heterocycles. The number of fused-ring (bicyclic) bond motifs is 1. The summed E-state index contributed by atoms with van der Waals surface area (Å²) in [4.78, 5) is 33.1. The van der Waals surface area contributed by atoms with Crippen LogP contribution in [0.5, 0.6) is 0 Å². The van der Waals surface area contributed by atoms with Crippen molar-refractivity contribution in [1.82, 2.24) is 14.5 Å². The van der Waals surface area contributed by atoms with Crippen molar-refractivity contribution < 1.29 is 9.53 Å². The average Bonchev–Trinajstić information content (AvgIpc) is 3.20. The van der Waals surface area contributed by atoms with E-state index in [9.17, 15) is 9.59 Å². The molecule has 0 N–H and O–H groups in total. The standard InChI is InChI=1S/C21H21N3O3S2/c1-2-8-24-20(26)19-16(13-17(29-19)15-6-4-3-5-7-15)22-21(24)28-14-18(25)23-9-11-27-12-10-23/h2-7,13H,1,8-12,14H2. The summed E-state index contributed by atoms with van der Waals surface area (Å²) in [6, 6.07) is 11.9. The van der Waals surface area contributed by atoms with E-state index in [-0.39, 0.29) is 17.2 Å². The van der Waals surface area contributed by atoms with Crippen LogP contribution >= 0.6 is 23.1 Å². The van der Waals surface area contributed by atoms with Crippen molar-refractivity contribution in [3.63, 3.8) is 0 Å². The van der Waals surface area contributed by atoms with Gasteiger partial charge in [0.2, 0.25) is 5.91 Å². The molecule has 8 heteroatoms. The molecule has 0 bridgehead atoms. The third-order valence-electron chi connectivity index (χ3n) is 4.66. The number of hydrogen-bond acceptors (Lipinski definition) is 6. The van der Waals surface area contributed by atoms with Crippen molar-refractivity contribution in [3.05, 3.63) is 59.4 Å². The highest BCUT2D eigenvalue weighted by Crippen LogP contribution is 2.32. The Balaban J connectivity index is 1.65. The number of benzene rings is 1. The largest absolute Gasteiger partial charge is 0.378 e. The molecule has 1 aliphatic rings. The number of hydrogen-bond donors (Lipinski definition) is 0. The SMILES string of the molecule is C=CCn1c(SCC(=O)N2CCOCC2)nc2cc(-c3ccccc3)sc2c1=O. The summed E-state index contributed by atoms with van der Waals surface area (Å²) in [6.45, 7) is 6.46. The average molecular weight is 428 g/mol. The van der Waals surface area contributed by atoms with Gasteiger partial charge in [0.25, 0.3) is 5.56 Å². The molecule has 0 saturated carbocycles. The number of ether oxygens (including phenoxy) is 1. The number of amides is 1. The van der Waals surface area contributed by atoms with Gasteiger partial charge in [-0.3, -0.25) is 14.2 Å². The minimum Gasteiger partial charge on any atom is -0.378 e. The zero-order valence-electron chi connectivity index (χ0n) is 15.9. The lowest BCUT2D eigenvalue weighted by Gasteiger charge is -2.26. The highest BCUT2D eigenvalue weighted by Gasteiger charge is 2.19. The van der Waals surface area contributed by atoms with Crippen LogP contribution < -0.4 is 5.56 Å². The van der Waals surface area contributed by atoms with E-state index >= 15 is 0 Å². The van der Waals surface area contributed by atoms with E-state index in [4.69, 9.17) is 9.72 Å². The molecule has 0 aliphatic carbocycles. The molecule has 29 heavy (non-hydrogen) atoms. The van der Waals surface area contributed by atoms with Crippen molar-refractivity contribution in [1.29, 1.82) is 0 Å². The highest BCUT2D eigenvalue weighted by atomic mass is 32.2. The van der Waals surface area contributed by atoms with Gasteiger partial charge in [-0.25, -0.2) is 4.98 Å². The molecular formula is C21H21N3O3S2. The van der Waals surface area contributed by atoms with Crippen molar-refractivity contribution in [3.8, 4) is 10.4 Å². The molecule has 0 unspecified atom stereocenters. The van der Waals surface area contributed by atoms with Crippen molar-refractivity contribution in [2.24, 2.45) is 0 Å². The van der Waals surface area contributed by atoms with Gasteiger partial charge in [0.15, 0.2) is 5.16 Å². The Morgan fingerprint density at radius 2 is 2.03 bits per heavy atom. The summed E-state index contributed by atoms with van der Waals surface area (Å²) in [5, 5.41) is 0.543. The van der Waals surface area contributed by atoms with E-state index in [0.29, 0.717) is 48.2 Å². The second kappa shape index (κ2) is 8.94. The molecule has 3 aromatic rings. The Morgan fingerprint density at radius 3 is 2.76 bits per heavy atom. The number of rotatable bonds is 6. The van der Waals surface area contributed by atoms with Crippen LogP contribution in [0.3, 0.4) is 0 Å². The lowest BCUT2D eigenvalue weighted by molar-refractivity contribution is -0.132. The van der Waals surface area contributed by atoms with Gasteiger partial charge >= 0.3 is 0 Å². The number of allylic oxidation sites excluding steroid dienone is 1. The molecular weight excluding hydrogens is 406 g/mol. The van der Waals surface area contributed by atoms with Crippen LogP contribution in [0.2, 0.25) is 0 Å². The fourth-order valence-corrected chi connectivity index (χ4v) is 5.13. The lowest BCUT2D eigenvalue weighted by Crippen LogP contribution is -2.41. The van der Waals surface area contributed by atoms with Gasteiger partial charge in [0, 0.05) is 24.5 Å². The van der Waals surface area contributed by atoms with Gasteiger partial charge in [0.1, 0.15) is 4.70 Å². The summed E-state index contributed by atoms with van der Waals surface area (Å²) in [5.41, 5.74) is 1.63. The molecule has 1 aromatic carbocycles. The summed E-state index contributed by atoms with van der Waals surface area (Å²) in [6.07, 6.45) is 1.68. The lowest BCUT2D eigenvalue weighted by atomic mass is 10.2. The van der Waals surface area contributed by atoms with Crippen LogP contribution in [0, 0.1) is 0 Å². The molecule has 1 aliphatic heterocycles. The van der Waals surface area contributed by atoms with Gasteiger partial charge in [-0.2, -0.15) is 0 Å². The number of carbonyl (C=O) groups excluding carboxylic acids is 1. The predicted octanol–water partition coefficient (Wildman–Crippen LogP) is 3.26. The van der Waals surface area contributed by atoms with Crippen LogP contribution in [0.15, 0.2) is 59.0 Å². The Bertz CT molecular complexity index is 1090. The van der Waals surface area contributed by atoms with E-state index in [1.165, 1.54) is 23.1 Å². The molecule has 3 heterocycles. The van der Waals surface area contributed by atoms with Crippen LogP contribution in [-0.2, 0) is 16.1 Å². The van der Waals surface area contributed by atoms with E-state index in [1.54, 1.807) is 15.5 Å². The summed E-state index contributed by atoms with van der Waals surface area (Å²) >= 11 is 2.74. The molecule has 1 fully saturated rings. The zero-order chi connectivity index (χ0) is 20.2. The first-order valence-corrected chi connectivity index (χ1v) is 11.2. The summed E-state index contributed by atoms with van der Waals surface area (Å²) in [5.74, 6) is 0.276. The minimum absolute atomic E-state index is 0.0353. The smallest absolute Gasteiger partial charge is 0.272 e. The Morgan fingerprint density at radius 1 is 1.28 bits per heavy atom. The molecule has 6 nitrogen and oxygen atoms in total. The van der Waals surface area contributed by atoms with E-state index < -0.39 is 0 Å². The molecule has 0 spiro atoms. The first-order chi connectivity index (χ1) is 14.2. The molecule has 150 valence electrons. The van der Waals surface area contributed by atoms with Crippen molar-refractivity contribution >= 4 is 39.2 Å². The molecule has 0 atom stereocenters. The van der Waals surface area contributed by atoms with Crippen LogP contribution in [0.1, 0.15) is 0 Å². The van der Waals surface area contributed by atoms with Crippen molar-refractivity contribution in [2.75, 3.05) is 32.1 Å². The number of thiophene rings is 1. The highest BCUT2D eigenvalue weighted by molar-refractivity contribution is 7.99. The number of thioether (sulfide) groups is 1. The second-order valence-electron chi connectivity index (χ2n) is 6.57. The molecule has 1 amide bonds. The minimum atomic E-state index is -0.0941. The van der Waals surface area contributed by atoms with E-state index in [0.717, 1.165) is 10.4 Å². The van der Waals surface area contributed by atoms with Crippen molar-refractivity contribution in [2.45, 2.75) is 11.7 Å². The van der Waals surface area contributed by atoms with Crippen LogP contribution in [0.4, 0.5) is 0 Å². The van der Waals surface area contributed by atoms with E-state index in [1.807, 2.05) is 36.4 Å². The number of nitrogens with zero attached hydrogens (tertiary/aromatic N) is 3. The van der Waals surface area contributed by atoms with Gasteiger partial charge in [0.05, 0.1) is 24.5 Å². The molecule has 4 rings (SSSR count). The number of morpholine rings is 1. The molecule has 1 saturated heterocycles. The van der Waals surface area contributed by atoms with E-state index in [2.05, 4.69) is 6.58 Å².